The predicted molar refractivity (Wildman–Crippen MR) is 129 cm³/mol. The van der Waals surface area contributed by atoms with Crippen LogP contribution < -0.4 is 14.4 Å². The van der Waals surface area contributed by atoms with Gasteiger partial charge < -0.3 is 10.1 Å². The summed E-state index contributed by atoms with van der Waals surface area (Å²) in [5.41, 5.74) is 0.416. The fraction of sp³-hybridized carbons (Fsp3) is 0.435. The summed E-state index contributed by atoms with van der Waals surface area (Å²) in [7, 11) is -3.89. The van der Waals surface area contributed by atoms with Gasteiger partial charge in [0.1, 0.15) is 5.75 Å². The number of nitrogens with zero attached hydrogens (tertiary/aromatic N) is 1. The van der Waals surface area contributed by atoms with E-state index in [0.717, 1.165) is 5.75 Å². The number of carbonyl (C=O) groups excluding carboxylic acids is 1. The lowest BCUT2D eigenvalue weighted by atomic mass is 10.0. The van der Waals surface area contributed by atoms with Gasteiger partial charge in [-0.25, -0.2) is 8.42 Å². The molecule has 2 aromatic rings. The van der Waals surface area contributed by atoms with Crippen molar-refractivity contribution in [2.24, 2.45) is 0 Å². The lowest BCUT2D eigenvalue weighted by Gasteiger charge is -2.34. The number of carbonyl (C=O) groups is 1. The molecule has 1 amide bonds. The summed E-state index contributed by atoms with van der Waals surface area (Å²) in [6, 6.07) is 12.9. The smallest absolute Gasteiger partial charge is 0.264 e. The molecular formula is C23H27ClN2O4S2. The Morgan fingerprint density at radius 2 is 1.81 bits per heavy atom. The fourth-order valence-electron chi connectivity index (χ4n) is 4.05. The highest BCUT2D eigenvalue weighted by molar-refractivity contribution is 7.99. The number of hydrogen-bond acceptors (Lipinski definition) is 5. The van der Waals surface area contributed by atoms with Gasteiger partial charge in [-0.3, -0.25) is 9.10 Å². The number of sulfonamides is 1. The third-order valence-corrected chi connectivity index (χ3v) is 9.16. The van der Waals surface area contributed by atoms with Crippen molar-refractivity contribution < 1.29 is 17.9 Å². The van der Waals surface area contributed by atoms with Gasteiger partial charge in [-0.1, -0.05) is 43.0 Å². The summed E-state index contributed by atoms with van der Waals surface area (Å²) >= 11 is 7.83. The van der Waals surface area contributed by atoms with Crippen molar-refractivity contribution in [2.75, 3.05) is 23.1 Å². The van der Waals surface area contributed by atoms with Crippen LogP contribution in [0.1, 0.15) is 32.1 Å². The number of nitrogens with one attached hydrogen (secondary N) is 1. The van der Waals surface area contributed by atoms with Crippen LogP contribution in [0.15, 0.2) is 53.4 Å². The van der Waals surface area contributed by atoms with Crippen molar-refractivity contribution in [3.63, 3.8) is 0 Å². The monoisotopic (exact) mass is 494 g/mol. The average Bonchev–Trinajstić information content (AvgIpc) is 2.82. The van der Waals surface area contributed by atoms with Gasteiger partial charge in [-0.2, -0.15) is 11.8 Å². The number of rotatable bonds is 7. The average molecular weight is 495 g/mol. The van der Waals surface area contributed by atoms with Crippen molar-refractivity contribution in [1.82, 2.24) is 5.32 Å². The highest BCUT2D eigenvalue weighted by Gasteiger charge is 2.37. The quantitative estimate of drug-likeness (QED) is 0.574. The van der Waals surface area contributed by atoms with E-state index in [0.29, 0.717) is 28.3 Å². The van der Waals surface area contributed by atoms with Crippen LogP contribution in [-0.2, 0) is 14.8 Å². The van der Waals surface area contributed by atoms with Crippen LogP contribution in [0.3, 0.4) is 0 Å². The van der Waals surface area contributed by atoms with Crippen LogP contribution in [-0.4, -0.2) is 44.5 Å². The van der Waals surface area contributed by atoms with Crippen LogP contribution in [0.5, 0.6) is 5.75 Å². The highest BCUT2D eigenvalue weighted by atomic mass is 35.5. The summed E-state index contributed by atoms with van der Waals surface area (Å²) in [6.45, 7) is 0.439. The minimum Gasteiger partial charge on any atom is -0.476 e. The van der Waals surface area contributed by atoms with E-state index in [2.05, 4.69) is 5.32 Å². The van der Waals surface area contributed by atoms with E-state index in [1.807, 2.05) is 11.8 Å². The second-order valence-electron chi connectivity index (χ2n) is 7.99. The molecular weight excluding hydrogens is 468 g/mol. The first-order valence-electron chi connectivity index (χ1n) is 10.9. The van der Waals surface area contributed by atoms with Gasteiger partial charge in [0.2, 0.25) is 0 Å². The highest BCUT2D eigenvalue weighted by Crippen LogP contribution is 2.37. The van der Waals surface area contributed by atoms with Gasteiger partial charge in [0.25, 0.3) is 15.9 Å². The summed E-state index contributed by atoms with van der Waals surface area (Å²) in [5, 5.41) is 4.05. The normalized spacial score (nSPS) is 19.2. The number of para-hydroxylation sites is 2. The van der Waals surface area contributed by atoms with Gasteiger partial charge in [0, 0.05) is 22.6 Å². The summed E-state index contributed by atoms with van der Waals surface area (Å²) < 4.78 is 33.8. The lowest BCUT2D eigenvalue weighted by Crippen LogP contribution is -2.51. The topological polar surface area (TPSA) is 75.7 Å². The SMILES string of the molecule is O=C(NCCSC1CCCCC1)[C@H]1CN(S(=O)(=O)c2ccc(Cl)cc2)c2ccccc2O1. The Morgan fingerprint density at radius 1 is 1.09 bits per heavy atom. The molecule has 2 aromatic carbocycles. The molecule has 4 rings (SSSR count). The maximum atomic E-state index is 13.4. The van der Waals surface area contributed by atoms with Gasteiger partial charge in [-0.15, -0.1) is 0 Å². The number of ether oxygens (including phenoxy) is 1. The molecule has 0 radical (unpaired) electrons. The Hall–Kier alpha value is -1.90. The summed E-state index contributed by atoms with van der Waals surface area (Å²) in [5.74, 6) is 0.903. The van der Waals surface area contributed by atoms with E-state index in [-0.39, 0.29) is 17.3 Å². The molecule has 0 bridgehead atoms. The Balaban J connectivity index is 1.44. The van der Waals surface area contributed by atoms with Crippen LogP contribution in [0.25, 0.3) is 0 Å². The van der Waals surface area contributed by atoms with Crippen molar-refractivity contribution >= 4 is 45.0 Å². The van der Waals surface area contributed by atoms with Crippen LogP contribution in [0.4, 0.5) is 5.69 Å². The lowest BCUT2D eigenvalue weighted by molar-refractivity contribution is -0.127. The zero-order valence-electron chi connectivity index (χ0n) is 17.7. The Labute approximate surface area is 198 Å². The van der Waals surface area contributed by atoms with E-state index in [4.69, 9.17) is 16.3 Å². The Morgan fingerprint density at radius 3 is 2.56 bits per heavy atom. The van der Waals surface area contributed by atoms with Gasteiger partial charge in [-0.05, 0) is 49.2 Å². The molecule has 172 valence electrons. The molecule has 1 saturated carbocycles. The number of hydrogen-bond donors (Lipinski definition) is 1. The molecule has 32 heavy (non-hydrogen) atoms. The first-order chi connectivity index (χ1) is 15.4. The molecule has 1 aliphatic carbocycles. The minimum absolute atomic E-state index is 0.0937. The minimum atomic E-state index is -3.89. The molecule has 0 aromatic heterocycles. The molecule has 2 aliphatic rings. The molecule has 1 fully saturated rings. The molecule has 1 atom stereocenters. The third kappa shape index (κ3) is 5.35. The first-order valence-corrected chi connectivity index (χ1v) is 13.7. The van der Waals surface area contributed by atoms with Crippen LogP contribution in [0, 0.1) is 0 Å². The molecule has 0 unspecified atom stereocenters. The maximum absolute atomic E-state index is 13.4. The van der Waals surface area contributed by atoms with Gasteiger partial charge >= 0.3 is 0 Å². The first kappa shape index (κ1) is 23.3. The number of thioether (sulfide) groups is 1. The zero-order chi connectivity index (χ0) is 22.6. The van der Waals surface area contributed by atoms with Gasteiger partial charge in [0.05, 0.1) is 17.1 Å². The molecule has 6 nitrogen and oxygen atoms in total. The van der Waals surface area contributed by atoms with Gasteiger partial charge in [0.15, 0.2) is 6.10 Å². The van der Waals surface area contributed by atoms with Crippen molar-refractivity contribution in [3.05, 3.63) is 53.6 Å². The van der Waals surface area contributed by atoms with E-state index in [1.54, 1.807) is 24.3 Å². The third-order valence-electron chi connectivity index (χ3n) is 5.74. The van der Waals surface area contributed by atoms with Crippen molar-refractivity contribution in [1.29, 1.82) is 0 Å². The number of amides is 1. The Bertz CT molecular complexity index is 1040. The van der Waals surface area contributed by atoms with Crippen LogP contribution >= 0.6 is 23.4 Å². The van der Waals surface area contributed by atoms with Crippen molar-refractivity contribution in [2.45, 2.75) is 48.4 Å². The molecule has 9 heteroatoms. The predicted octanol–water partition coefficient (Wildman–Crippen LogP) is 4.48. The molecule has 0 spiro atoms. The van der Waals surface area contributed by atoms with E-state index < -0.39 is 16.1 Å². The molecule has 1 heterocycles. The summed E-state index contributed by atoms with van der Waals surface area (Å²) in [6.07, 6.45) is 5.47. The molecule has 0 saturated heterocycles. The van der Waals surface area contributed by atoms with E-state index in [1.165, 1.54) is 60.7 Å². The second-order valence-corrected chi connectivity index (χ2v) is 11.7. The van der Waals surface area contributed by atoms with E-state index in [9.17, 15) is 13.2 Å². The second kappa shape index (κ2) is 10.4. The maximum Gasteiger partial charge on any atom is 0.264 e. The largest absolute Gasteiger partial charge is 0.476 e. The van der Waals surface area contributed by atoms with Crippen molar-refractivity contribution in [3.8, 4) is 5.75 Å². The molecule has 1 aliphatic heterocycles. The number of benzene rings is 2. The number of halogens is 1. The van der Waals surface area contributed by atoms with Crippen LogP contribution in [0.2, 0.25) is 5.02 Å². The summed E-state index contributed by atoms with van der Waals surface area (Å²) in [4.78, 5) is 12.9. The Kier molecular flexibility index (Phi) is 7.53. The zero-order valence-corrected chi connectivity index (χ0v) is 20.1. The fourth-order valence-corrected chi connectivity index (χ4v) is 6.87. The number of anilines is 1. The van der Waals surface area contributed by atoms with E-state index >= 15 is 0 Å². The standard InChI is InChI=1S/C23H27ClN2O4S2/c24-17-10-12-19(13-11-17)32(28,29)26-16-22(30-21-9-5-4-8-20(21)26)23(27)25-14-15-31-18-6-2-1-3-7-18/h4-5,8-13,18,22H,1-3,6-7,14-16H2,(H,25,27)/t22-/m1/s1. The molecule has 1 N–H and O–H groups in total. The number of fused-ring (bicyclic) bond motifs is 1.